The average molecular weight is 176 g/mol. The summed E-state index contributed by atoms with van der Waals surface area (Å²) in [6, 6.07) is 0. The fourth-order valence-electron chi connectivity index (χ4n) is 0.459. The van der Waals surface area contributed by atoms with E-state index in [0.29, 0.717) is 0 Å². The molecule has 70 valence electrons. The Morgan fingerprint density at radius 1 is 1.50 bits per heavy atom. The second-order valence-electron chi connectivity index (χ2n) is 2.15. The molecule has 5 heteroatoms. The van der Waals surface area contributed by atoms with Crippen LogP contribution in [0.15, 0.2) is 12.7 Å². The van der Waals surface area contributed by atoms with Crippen LogP contribution >= 0.6 is 0 Å². The molecule has 12 heavy (non-hydrogen) atoms. The fraction of sp³-hybridized carbons (Fsp3) is 0.571. The van der Waals surface area contributed by atoms with Crippen molar-refractivity contribution in [3.8, 4) is 0 Å². The lowest BCUT2D eigenvalue weighted by Crippen LogP contribution is -2.33. The van der Waals surface area contributed by atoms with E-state index in [4.69, 9.17) is 15.3 Å². The molecular formula is C7H12O5. The van der Waals surface area contributed by atoms with Crippen molar-refractivity contribution in [3.63, 3.8) is 0 Å². The molecule has 0 rings (SSSR count). The first-order valence-corrected chi connectivity index (χ1v) is 3.38. The fourth-order valence-corrected chi connectivity index (χ4v) is 0.459. The molecule has 3 N–H and O–H groups in total. The Hall–Kier alpha value is -0.910. The van der Waals surface area contributed by atoms with Gasteiger partial charge < -0.3 is 20.1 Å². The van der Waals surface area contributed by atoms with Crippen LogP contribution in [0.4, 0.5) is 0 Å². The van der Waals surface area contributed by atoms with Crippen LogP contribution in [0.3, 0.4) is 0 Å². The molecule has 0 saturated heterocycles. The first-order valence-electron chi connectivity index (χ1n) is 3.38. The molecule has 0 saturated carbocycles. The number of aliphatic hydroxyl groups excluding tert-OH is 3. The molecule has 0 aliphatic rings. The predicted molar refractivity (Wildman–Crippen MR) is 40.3 cm³/mol. The highest BCUT2D eigenvalue weighted by atomic mass is 16.5. The molecule has 0 aromatic rings. The van der Waals surface area contributed by atoms with Crippen molar-refractivity contribution >= 4 is 5.97 Å². The van der Waals surface area contributed by atoms with Crippen LogP contribution in [-0.4, -0.2) is 46.7 Å². The molecule has 2 unspecified atom stereocenters. The first-order chi connectivity index (χ1) is 5.61. The van der Waals surface area contributed by atoms with E-state index < -0.39 is 24.8 Å². The maximum atomic E-state index is 10.4. The maximum absolute atomic E-state index is 10.4. The number of esters is 1. The molecule has 0 amide bonds. The van der Waals surface area contributed by atoms with Gasteiger partial charge in [-0.05, 0) is 0 Å². The lowest BCUT2D eigenvalue weighted by Gasteiger charge is -2.14. The lowest BCUT2D eigenvalue weighted by atomic mass is 10.2. The average Bonchev–Trinajstić information content (AvgIpc) is 2.11. The number of rotatable bonds is 5. The van der Waals surface area contributed by atoms with Gasteiger partial charge in [0.2, 0.25) is 0 Å². The minimum absolute atomic E-state index is 0.355. The smallest absolute Gasteiger partial charge is 0.330 e. The Kier molecular flexibility index (Phi) is 5.27. The molecule has 0 aromatic carbocycles. The molecular weight excluding hydrogens is 164 g/mol. The summed E-state index contributed by atoms with van der Waals surface area (Å²) in [6.45, 7) is 2.20. The van der Waals surface area contributed by atoms with Crippen molar-refractivity contribution in [3.05, 3.63) is 12.7 Å². The van der Waals surface area contributed by atoms with E-state index in [-0.39, 0.29) is 6.61 Å². The van der Waals surface area contributed by atoms with Crippen molar-refractivity contribution in [2.75, 3.05) is 13.2 Å². The van der Waals surface area contributed by atoms with Crippen LogP contribution in [0.25, 0.3) is 0 Å². The van der Waals surface area contributed by atoms with Crippen LogP contribution in [-0.2, 0) is 9.53 Å². The topological polar surface area (TPSA) is 87.0 Å². The summed E-state index contributed by atoms with van der Waals surface area (Å²) >= 11 is 0. The SMILES string of the molecule is C=CC(=O)OCC(O)C(O)CO. The number of hydrogen-bond donors (Lipinski definition) is 3. The summed E-state index contributed by atoms with van der Waals surface area (Å²) in [5, 5.41) is 26.1. The molecule has 0 heterocycles. The summed E-state index contributed by atoms with van der Waals surface area (Å²) in [4.78, 5) is 10.4. The van der Waals surface area contributed by atoms with Crippen LogP contribution < -0.4 is 0 Å². The van der Waals surface area contributed by atoms with Gasteiger partial charge in [0.05, 0.1) is 6.61 Å². The maximum Gasteiger partial charge on any atom is 0.330 e. The zero-order valence-electron chi connectivity index (χ0n) is 6.51. The number of hydrogen-bond acceptors (Lipinski definition) is 5. The Bertz CT molecular complexity index is 156. The summed E-state index contributed by atoms with van der Waals surface area (Å²) in [7, 11) is 0. The highest BCUT2D eigenvalue weighted by Gasteiger charge is 2.16. The summed E-state index contributed by atoms with van der Waals surface area (Å²) in [5.41, 5.74) is 0. The van der Waals surface area contributed by atoms with Gasteiger partial charge in [0.1, 0.15) is 18.8 Å². The van der Waals surface area contributed by atoms with Gasteiger partial charge in [0, 0.05) is 6.08 Å². The zero-order chi connectivity index (χ0) is 9.56. The van der Waals surface area contributed by atoms with Gasteiger partial charge in [-0.1, -0.05) is 6.58 Å². The quantitative estimate of drug-likeness (QED) is 0.348. The van der Waals surface area contributed by atoms with Gasteiger partial charge in [-0.15, -0.1) is 0 Å². The molecule has 0 aliphatic heterocycles. The van der Waals surface area contributed by atoms with Gasteiger partial charge in [0.25, 0.3) is 0 Å². The second-order valence-corrected chi connectivity index (χ2v) is 2.15. The monoisotopic (exact) mass is 176 g/mol. The minimum atomic E-state index is -1.29. The predicted octanol–water partition coefficient (Wildman–Crippen LogP) is -1.57. The van der Waals surface area contributed by atoms with E-state index in [9.17, 15) is 4.79 Å². The van der Waals surface area contributed by atoms with E-state index in [1.807, 2.05) is 0 Å². The third kappa shape index (κ3) is 4.07. The molecule has 0 spiro atoms. The molecule has 0 fully saturated rings. The summed E-state index contributed by atoms with van der Waals surface area (Å²) < 4.78 is 4.40. The molecule has 0 aliphatic carbocycles. The number of carbonyl (C=O) groups excluding carboxylic acids is 1. The molecule has 0 bridgehead atoms. The third-order valence-electron chi connectivity index (χ3n) is 1.19. The summed E-state index contributed by atoms with van der Waals surface area (Å²) in [5.74, 6) is -0.681. The zero-order valence-corrected chi connectivity index (χ0v) is 6.51. The van der Waals surface area contributed by atoms with E-state index in [2.05, 4.69) is 11.3 Å². The normalized spacial score (nSPS) is 14.9. The van der Waals surface area contributed by atoms with Gasteiger partial charge >= 0.3 is 5.97 Å². The van der Waals surface area contributed by atoms with Crippen molar-refractivity contribution < 1.29 is 24.9 Å². The van der Waals surface area contributed by atoms with Crippen molar-refractivity contribution in [1.29, 1.82) is 0 Å². The first kappa shape index (κ1) is 11.1. The van der Waals surface area contributed by atoms with E-state index in [0.717, 1.165) is 6.08 Å². The molecule has 5 nitrogen and oxygen atoms in total. The van der Waals surface area contributed by atoms with E-state index in [1.54, 1.807) is 0 Å². The number of aliphatic hydroxyl groups is 3. The Morgan fingerprint density at radius 3 is 2.50 bits per heavy atom. The van der Waals surface area contributed by atoms with E-state index in [1.165, 1.54) is 0 Å². The van der Waals surface area contributed by atoms with Gasteiger partial charge in [-0.25, -0.2) is 4.79 Å². The van der Waals surface area contributed by atoms with Crippen molar-refractivity contribution in [1.82, 2.24) is 0 Å². The minimum Gasteiger partial charge on any atom is -0.460 e. The Balaban J connectivity index is 3.62. The van der Waals surface area contributed by atoms with Crippen LogP contribution in [0.2, 0.25) is 0 Å². The van der Waals surface area contributed by atoms with Crippen LogP contribution in [0.1, 0.15) is 0 Å². The highest BCUT2D eigenvalue weighted by molar-refractivity contribution is 5.81. The van der Waals surface area contributed by atoms with Crippen LogP contribution in [0.5, 0.6) is 0 Å². The number of ether oxygens (including phenoxy) is 1. The largest absolute Gasteiger partial charge is 0.460 e. The highest BCUT2D eigenvalue weighted by Crippen LogP contribution is 1.93. The molecule has 2 atom stereocenters. The van der Waals surface area contributed by atoms with Gasteiger partial charge in [-0.2, -0.15) is 0 Å². The standard InChI is InChI=1S/C7H12O5/c1-2-7(11)12-4-6(10)5(9)3-8/h2,5-6,8-10H,1,3-4H2. The van der Waals surface area contributed by atoms with Gasteiger partial charge in [-0.3, -0.25) is 0 Å². The Morgan fingerprint density at radius 2 is 2.08 bits per heavy atom. The van der Waals surface area contributed by atoms with Gasteiger partial charge in [0.15, 0.2) is 0 Å². The van der Waals surface area contributed by atoms with E-state index >= 15 is 0 Å². The number of carbonyl (C=O) groups is 1. The van der Waals surface area contributed by atoms with Crippen molar-refractivity contribution in [2.24, 2.45) is 0 Å². The molecule has 0 radical (unpaired) electrons. The summed E-state index contributed by atoms with van der Waals surface area (Å²) in [6.07, 6.45) is -1.61. The second kappa shape index (κ2) is 5.70. The van der Waals surface area contributed by atoms with Crippen molar-refractivity contribution in [2.45, 2.75) is 12.2 Å². The van der Waals surface area contributed by atoms with Crippen LogP contribution in [0, 0.1) is 0 Å². The Labute approximate surface area is 69.9 Å². The third-order valence-corrected chi connectivity index (χ3v) is 1.19. The molecule has 0 aromatic heterocycles. The lowest BCUT2D eigenvalue weighted by molar-refractivity contribution is -0.143.